The third kappa shape index (κ3) is 4.85. The van der Waals surface area contributed by atoms with E-state index >= 15 is 0 Å². The van der Waals surface area contributed by atoms with Crippen LogP contribution in [-0.4, -0.2) is 23.3 Å². The van der Waals surface area contributed by atoms with Crippen LogP contribution in [0.5, 0.6) is 0 Å². The van der Waals surface area contributed by atoms with E-state index in [1.165, 1.54) is 0 Å². The van der Waals surface area contributed by atoms with Crippen molar-refractivity contribution < 1.29 is 9.59 Å². The third-order valence-corrected chi connectivity index (χ3v) is 3.76. The Hall–Kier alpha value is -1.91. The lowest BCUT2D eigenvalue weighted by molar-refractivity contribution is -0.127. The van der Waals surface area contributed by atoms with Crippen LogP contribution in [0.15, 0.2) is 24.5 Å². The molecule has 0 aromatic carbocycles. The van der Waals surface area contributed by atoms with Gasteiger partial charge in [0, 0.05) is 25.5 Å². The molecular formula is C16H23N3O2. The molecule has 0 saturated heterocycles. The molecule has 1 fully saturated rings. The van der Waals surface area contributed by atoms with Gasteiger partial charge in [-0.2, -0.15) is 0 Å². The molecule has 2 atom stereocenters. The number of amides is 2. The van der Waals surface area contributed by atoms with Crippen LogP contribution in [0.3, 0.4) is 0 Å². The maximum Gasteiger partial charge on any atom is 0.224 e. The summed E-state index contributed by atoms with van der Waals surface area (Å²) in [6, 6.07) is 3.73. The molecule has 1 aromatic heterocycles. The van der Waals surface area contributed by atoms with Crippen LogP contribution < -0.4 is 10.6 Å². The van der Waals surface area contributed by atoms with Crippen LogP contribution >= 0.6 is 0 Å². The van der Waals surface area contributed by atoms with Crippen molar-refractivity contribution in [3.63, 3.8) is 0 Å². The van der Waals surface area contributed by atoms with Gasteiger partial charge in [0.1, 0.15) is 0 Å². The number of hydrogen-bond acceptors (Lipinski definition) is 3. The molecule has 114 valence electrons. The zero-order chi connectivity index (χ0) is 15.1. The molecule has 2 rings (SSSR count). The highest BCUT2D eigenvalue weighted by atomic mass is 16.2. The summed E-state index contributed by atoms with van der Waals surface area (Å²) in [5.41, 5.74) is 1.01. The van der Waals surface area contributed by atoms with Crippen molar-refractivity contribution in [1.29, 1.82) is 0 Å². The molecule has 5 heteroatoms. The number of carbonyl (C=O) groups is 2. The number of nitrogens with one attached hydrogen (secondary N) is 2. The van der Waals surface area contributed by atoms with Gasteiger partial charge < -0.3 is 10.6 Å². The van der Waals surface area contributed by atoms with Gasteiger partial charge in [0.15, 0.2) is 0 Å². The molecule has 2 amide bonds. The summed E-state index contributed by atoms with van der Waals surface area (Å²) in [7, 11) is 0. The summed E-state index contributed by atoms with van der Waals surface area (Å²) in [5.74, 6) is -0.294. The highest BCUT2D eigenvalue weighted by Crippen LogP contribution is 2.38. The normalized spacial score (nSPS) is 19.9. The SMILES string of the molecule is CCCCCNC(=O)C1CC1C(=O)NCc1ccncc1. The quantitative estimate of drug-likeness (QED) is 0.715. The van der Waals surface area contributed by atoms with Crippen LogP contribution in [-0.2, 0) is 16.1 Å². The number of aromatic nitrogens is 1. The fourth-order valence-electron chi connectivity index (χ4n) is 2.31. The highest BCUT2D eigenvalue weighted by Gasteiger charge is 2.47. The first kappa shape index (κ1) is 15.5. The van der Waals surface area contributed by atoms with Crippen molar-refractivity contribution in [2.24, 2.45) is 11.8 Å². The standard InChI is InChI=1S/C16H23N3O2/c1-2-3-4-7-18-15(20)13-10-14(13)16(21)19-11-12-5-8-17-9-6-12/h5-6,8-9,13-14H,2-4,7,10-11H2,1H3,(H,18,20)(H,19,21). The molecule has 2 N–H and O–H groups in total. The number of hydrogen-bond donors (Lipinski definition) is 2. The Morgan fingerprint density at radius 2 is 1.81 bits per heavy atom. The van der Waals surface area contributed by atoms with E-state index in [0.29, 0.717) is 19.5 Å². The van der Waals surface area contributed by atoms with E-state index in [4.69, 9.17) is 0 Å². The first-order valence-electron chi connectivity index (χ1n) is 7.66. The van der Waals surface area contributed by atoms with Crippen LogP contribution in [0.25, 0.3) is 0 Å². The summed E-state index contributed by atoms with van der Waals surface area (Å²) >= 11 is 0. The van der Waals surface area contributed by atoms with Crippen molar-refractivity contribution in [2.45, 2.75) is 39.2 Å². The molecule has 1 aliphatic carbocycles. The van der Waals surface area contributed by atoms with Crippen LogP contribution in [0.2, 0.25) is 0 Å². The Morgan fingerprint density at radius 1 is 1.14 bits per heavy atom. The Labute approximate surface area is 125 Å². The van der Waals surface area contributed by atoms with Gasteiger partial charge in [-0.1, -0.05) is 19.8 Å². The summed E-state index contributed by atoms with van der Waals surface area (Å²) in [6.07, 6.45) is 7.34. The van der Waals surface area contributed by atoms with E-state index in [1.807, 2.05) is 12.1 Å². The number of carbonyl (C=O) groups excluding carboxylic acids is 2. The van der Waals surface area contributed by atoms with Crippen molar-refractivity contribution in [3.05, 3.63) is 30.1 Å². The van der Waals surface area contributed by atoms with Crippen LogP contribution in [0, 0.1) is 11.8 Å². The highest BCUT2D eigenvalue weighted by molar-refractivity contribution is 5.92. The Kier molecular flexibility index (Phi) is 5.72. The minimum Gasteiger partial charge on any atom is -0.356 e. The van der Waals surface area contributed by atoms with Crippen LogP contribution in [0.1, 0.15) is 38.2 Å². The number of unbranched alkanes of at least 4 members (excludes halogenated alkanes) is 2. The lowest BCUT2D eigenvalue weighted by Crippen LogP contribution is -2.30. The van der Waals surface area contributed by atoms with Gasteiger partial charge in [0.25, 0.3) is 0 Å². The van der Waals surface area contributed by atoms with Crippen LogP contribution in [0.4, 0.5) is 0 Å². The average molecular weight is 289 g/mol. The molecule has 2 unspecified atom stereocenters. The molecule has 0 spiro atoms. The topological polar surface area (TPSA) is 71.1 Å². The molecule has 1 saturated carbocycles. The maximum atomic E-state index is 12.0. The maximum absolute atomic E-state index is 12.0. The molecule has 1 aromatic rings. The third-order valence-electron chi connectivity index (χ3n) is 3.76. The van der Waals surface area contributed by atoms with Gasteiger partial charge in [-0.15, -0.1) is 0 Å². The molecule has 0 aliphatic heterocycles. The smallest absolute Gasteiger partial charge is 0.224 e. The van der Waals surface area contributed by atoms with Gasteiger partial charge in [-0.3, -0.25) is 14.6 Å². The summed E-state index contributed by atoms with van der Waals surface area (Å²) in [6.45, 7) is 3.34. The summed E-state index contributed by atoms with van der Waals surface area (Å²) < 4.78 is 0. The van der Waals surface area contributed by atoms with Crippen molar-refractivity contribution in [1.82, 2.24) is 15.6 Å². The summed E-state index contributed by atoms with van der Waals surface area (Å²) in [5, 5.41) is 5.79. The Balaban J connectivity index is 1.65. The molecule has 5 nitrogen and oxygen atoms in total. The van der Waals surface area contributed by atoms with E-state index in [1.54, 1.807) is 12.4 Å². The number of pyridine rings is 1. The Morgan fingerprint density at radius 3 is 2.48 bits per heavy atom. The van der Waals surface area contributed by atoms with Crippen molar-refractivity contribution >= 4 is 11.8 Å². The van der Waals surface area contributed by atoms with E-state index < -0.39 is 0 Å². The van der Waals surface area contributed by atoms with Gasteiger partial charge >= 0.3 is 0 Å². The average Bonchev–Trinajstić information content (AvgIpc) is 3.31. The van der Waals surface area contributed by atoms with E-state index in [9.17, 15) is 9.59 Å². The molecule has 0 bridgehead atoms. The van der Waals surface area contributed by atoms with Crippen molar-refractivity contribution in [3.8, 4) is 0 Å². The Bertz CT molecular complexity index is 476. The molecule has 1 heterocycles. The van der Waals surface area contributed by atoms with Gasteiger partial charge in [-0.05, 0) is 30.5 Å². The second-order valence-electron chi connectivity index (χ2n) is 5.52. The minimum absolute atomic E-state index is 0.0233. The first-order valence-corrected chi connectivity index (χ1v) is 7.66. The lowest BCUT2D eigenvalue weighted by atomic mass is 10.2. The van der Waals surface area contributed by atoms with E-state index in [2.05, 4.69) is 22.5 Å². The fraction of sp³-hybridized carbons (Fsp3) is 0.562. The first-order chi connectivity index (χ1) is 10.2. The summed E-state index contributed by atoms with van der Waals surface area (Å²) in [4.78, 5) is 27.8. The second-order valence-corrected chi connectivity index (χ2v) is 5.52. The largest absolute Gasteiger partial charge is 0.356 e. The predicted molar refractivity (Wildman–Crippen MR) is 80.2 cm³/mol. The van der Waals surface area contributed by atoms with Gasteiger partial charge in [0.05, 0.1) is 11.8 Å². The van der Waals surface area contributed by atoms with Crippen molar-refractivity contribution in [2.75, 3.05) is 6.54 Å². The molecule has 1 aliphatic rings. The second kappa shape index (κ2) is 7.76. The van der Waals surface area contributed by atoms with E-state index in [-0.39, 0.29) is 23.7 Å². The lowest BCUT2D eigenvalue weighted by Gasteiger charge is -2.06. The zero-order valence-electron chi connectivity index (χ0n) is 12.5. The number of rotatable bonds is 8. The minimum atomic E-state index is -0.155. The predicted octanol–water partition coefficient (Wildman–Crippen LogP) is 1.64. The zero-order valence-corrected chi connectivity index (χ0v) is 12.5. The molecule has 21 heavy (non-hydrogen) atoms. The van der Waals surface area contributed by atoms with Gasteiger partial charge in [0.2, 0.25) is 11.8 Å². The molecular weight excluding hydrogens is 266 g/mol. The van der Waals surface area contributed by atoms with Gasteiger partial charge in [-0.25, -0.2) is 0 Å². The molecule has 0 radical (unpaired) electrons. The number of nitrogens with zero attached hydrogens (tertiary/aromatic N) is 1. The van der Waals surface area contributed by atoms with E-state index in [0.717, 1.165) is 24.8 Å². The fourth-order valence-corrected chi connectivity index (χ4v) is 2.31. The monoisotopic (exact) mass is 289 g/mol.